The standard InChI is InChI=1S/C16H17Cl2NS/c1-2-19-10-12-5-3-6-13(9-12)20-11-14-15(17)7-4-8-16(14)18/h3-9,19H,2,10-11H2,1H3. The average Bonchev–Trinajstić information content (AvgIpc) is 2.45. The quantitative estimate of drug-likeness (QED) is 0.714. The van der Waals surface area contributed by atoms with E-state index in [4.69, 9.17) is 23.2 Å². The number of benzene rings is 2. The molecule has 2 aromatic rings. The SMILES string of the molecule is CCNCc1cccc(SCc2c(Cl)cccc2Cl)c1. The van der Waals surface area contributed by atoms with Crippen molar-refractivity contribution in [3.63, 3.8) is 0 Å². The van der Waals surface area contributed by atoms with Gasteiger partial charge in [0, 0.05) is 27.2 Å². The van der Waals surface area contributed by atoms with Crippen LogP contribution in [-0.4, -0.2) is 6.54 Å². The monoisotopic (exact) mass is 325 g/mol. The van der Waals surface area contributed by atoms with E-state index in [1.54, 1.807) is 11.8 Å². The van der Waals surface area contributed by atoms with Crippen LogP contribution in [0.3, 0.4) is 0 Å². The third kappa shape index (κ3) is 4.42. The molecule has 0 saturated heterocycles. The van der Waals surface area contributed by atoms with Crippen LogP contribution in [-0.2, 0) is 12.3 Å². The molecular weight excluding hydrogens is 309 g/mol. The first kappa shape index (κ1) is 15.7. The fraction of sp³-hybridized carbons (Fsp3) is 0.250. The smallest absolute Gasteiger partial charge is 0.0461 e. The fourth-order valence-electron chi connectivity index (χ4n) is 1.84. The first-order valence-electron chi connectivity index (χ1n) is 6.56. The summed E-state index contributed by atoms with van der Waals surface area (Å²) in [4.78, 5) is 1.23. The highest BCUT2D eigenvalue weighted by molar-refractivity contribution is 7.98. The van der Waals surface area contributed by atoms with Gasteiger partial charge in [0.2, 0.25) is 0 Å². The largest absolute Gasteiger partial charge is 0.313 e. The Morgan fingerprint density at radius 1 is 1.05 bits per heavy atom. The second-order valence-electron chi connectivity index (χ2n) is 4.42. The molecule has 0 atom stereocenters. The van der Waals surface area contributed by atoms with Gasteiger partial charge in [0.1, 0.15) is 0 Å². The van der Waals surface area contributed by atoms with E-state index in [1.165, 1.54) is 10.5 Å². The molecule has 1 nitrogen and oxygen atoms in total. The Hall–Kier alpha value is -0.670. The lowest BCUT2D eigenvalue weighted by Crippen LogP contribution is -2.11. The molecule has 0 unspecified atom stereocenters. The zero-order chi connectivity index (χ0) is 14.4. The minimum Gasteiger partial charge on any atom is -0.313 e. The highest BCUT2D eigenvalue weighted by Gasteiger charge is 2.06. The molecule has 20 heavy (non-hydrogen) atoms. The summed E-state index contributed by atoms with van der Waals surface area (Å²) in [6.07, 6.45) is 0. The topological polar surface area (TPSA) is 12.0 Å². The van der Waals surface area contributed by atoms with Crippen LogP contribution in [0.15, 0.2) is 47.4 Å². The van der Waals surface area contributed by atoms with E-state index in [1.807, 2.05) is 18.2 Å². The molecule has 106 valence electrons. The zero-order valence-corrected chi connectivity index (χ0v) is 13.7. The lowest BCUT2D eigenvalue weighted by atomic mass is 10.2. The Morgan fingerprint density at radius 3 is 2.45 bits per heavy atom. The van der Waals surface area contributed by atoms with E-state index < -0.39 is 0 Å². The Kier molecular flexibility index (Phi) is 6.24. The Balaban J connectivity index is 2.03. The van der Waals surface area contributed by atoms with Crippen molar-refractivity contribution in [3.05, 3.63) is 63.6 Å². The van der Waals surface area contributed by atoms with E-state index in [0.29, 0.717) is 0 Å². The molecule has 0 fully saturated rings. The molecule has 0 aliphatic rings. The van der Waals surface area contributed by atoms with E-state index in [0.717, 1.165) is 34.5 Å². The van der Waals surface area contributed by atoms with E-state index >= 15 is 0 Å². The molecule has 2 aromatic carbocycles. The van der Waals surface area contributed by atoms with Crippen LogP contribution < -0.4 is 5.32 Å². The maximum Gasteiger partial charge on any atom is 0.0461 e. The summed E-state index contributed by atoms with van der Waals surface area (Å²) in [5, 5.41) is 4.79. The van der Waals surface area contributed by atoms with Crippen molar-refractivity contribution in [1.29, 1.82) is 0 Å². The summed E-state index contributed by atoms with van der Waals surface area (Å²) in [7, 11) is 0. The van der Waals surface area contributed by atoms with Crippen molar-refractivity contribution < 1.29 is 0 Å². The third-order valence-electron chi connectivity index (χ3n) is 2.92. The molecule has 0 bridgehead atoms. The van der Waals surface area contributed by atoms with Gasteiger partial charge < -0.3 is 5.32 Å². The van der Waals surface area contributed by atoms with Crippen LogP contribution in [0.25, 0.3) is 0 Å². The minimum atomic E-state index is 0.730. The molecule has 0 amide bonds. The normalized spacial score (nSPS) is 10.8. The summed E-state index contributed by atoms with van der Waals surface area (Å²) in [6, 6.07) is 14.2. The van der Waals surface area contributed by atoms with Crippen LogP contribution in [0.4, 0.5) is 0 Å². The molecule has 2 rings (SSSR count). The van der Waals surface area contributed by atoms with Gasteiger partial charge in [0.15, 0.2) is 0 Å². The van der Waals surface area contributed by atoms with E-state index in [-0.39, 0.29) is 0 Å². The van der Waals surface area contributed by atoms with Crippen molar-refractivity contribution in [3.8, 4) is 0 Å². The maximum atomic E-state index is 6.19. The molecule has 0 aliphatic heterocycles. The summed E-state index contributed by atoms with van der Waals surface area (Å²) in [5.41, 5.74) is 2.29. The molecular formula is C16H17Cl2NS. The maximum absolute atomic E-state index is 6.19. The number of nitrogens with one attached hydrogen (secondary N) is 1. The van der Waals surface area contributed by atoms with Crippen LogP contribution in [0, 0.1) is 0 Å². The van der Waals surface area contributed by atoms with E-state index in [9.17, 15) is 0 Å². The zero-order valence-electron chi connectivity index (χ0n) is 11.3. The molecule has 1 N–H and O–H groups in total. The summed E-state index contributed by atoms with van der Waals surface area (Å²) in [5.74, 6) is 0.781. The van der Waals surface area contributed by atoms with Crippen molar-refractivity contribution in [1.82, 2.24) is 5.32 Å². The van der Waals surface area contributed by atoms with E-state index in [2.05, 4.69) is 36.5 Å². The Labute approximate surface area is 134 Å². The van der Waals surface area contributed by atoms with Crippen LogP contribution >= 0.6 is 35.0 Å². The first-order valence-corrected chi connectivity index (χ1v) is 8.30. The van der Waals surface area contributed by atoms with Crippen molar-refractivity contribution >= 4 is 35.0 Å². The highest BCUT2D eigenvalue weighted by atomic mass is 35.5. The van der Waals surface area contributed by atoms with Gasteiger partial charge in [-0.1, -0.05) is 48.3 Å². The highest BCUT2D eigenvalue weighted by Crippen LogP contribution is 2.31. The van der Waals surface area contributed by atoms with Gasteiger partial charge in [-0.2, -0.15) is 0 Å². The molecule has 4 heteroatoms. The third-order valence-corrected chi connectivity index (χ3v) is 4.65. The van der Waals surface area contributed by atoms with Crippen LogP contribution in [0.5, 0.6) is 0 Å². The predicted molar refractivity (Wildman–Crippen MR) is 89.8 cm³/mol. The van der Waals surface area contributed by atoms with Gasteiger partial charge in [0.05, 0.1) is 0 Å². The van der Waals surface area contributed by atoms with Gasteiger partial charge in [0.25, 0.3) is 0 Å². The number of hydrogen-bond donors (Lipinski definition) is 1. The Morgan fingerprint density at radius 2 is 1.75 bits per heavy atom. The number of halogens is 2. The summed E-state index contributed by atoms with van der Waals surface area (Å²) in [6.45, 7) is 3.99. The van der Waals surface area contributed by atoms with Crippen molar-refractivity contribution in [2.45, 2.75) is 24.1 Å². The van der Waals surface area contributed by atoms with Gasteiger partial charge in [-0.15, -0.1) is 11.8 Å². The Bertz CT molecular complexity index is 552. The van der Waals surface area contributed by atoms with Gasteiger partial charge in [-0.25, -0.2) is 0 Å². The van der Waals surface area contributed by atoms with Crippen molar-refractivity contribution in [2.75, 3.05) is 6.54 Å². The fourth-order valence-corrected chi connectivity index (χ4v) is 3.56. The van der Waals surface area contributed by atoms with Gasteiger partial charge in [-0.05, 0) is 41.9 Å². The first-order chi connectivity index (χ1) is 9.70. The number of thioether (sulfide) groups is 1. The lowest BCUT2D eigenvalue weighted by molar-refractivity contribution is 0.725. The number of hydrogen-bond acceptors (Lipinski definition) is 2. The molecule has 0 saturated carbocycles. The summed E-state index contributed by atoms with van der Waals surface area (Å²) < 4.78 is 0. The number of rotatable bonds is 6. The predicted octanol–water partition coefficient (Wildman–Crippen LogP) is 5.40. The van der Waals surface area contributed by atoms with Gasteiger partial charge >= 0.3 is 0 Å². The molecule has 0 aromatic heterocycles. The molecule has 0 aliphatic carbocycles. The molecule has 0 radical (unpaired) electrons. The average molecular weight is 326 g/mol. The second kappa shape index (κ2) is 7.94. The summed E-state index contributed by atoms with van der Waals surface area (Å²) >= 11 is 14.1. The van der Waals surface area contributed by atoms with Crippen LogP contribution in [0.2, 0.25) is 10.0 Å². The molecule has 0 spiro atoms. The second-order valence-corrected chi connectivity index (χ2v) is 6.28. The molecule has 0 heterocycles. The lowest BCUT2D eigenvalue weighted by Gasteiger charge is -2.08. The minimum absolute atomic E-state index is 0.730. The van der Waals surface area contributed by atoms with Gasteiger partial charge in [-0.3, -0.25) is 0 Å². The van der Waals surface area contributed by atoms with Crippen molar-refractivity contribution in [2.24, 2.45) is 0 Å². The van der Waals surface area contributed by atoms with Crippen LogP contribution in [0.1, 0.15) is 18.1 Å².